The number of nitrogens with one attached hydrogen (secondary N) is 2. The predicted molar refractivity (Wildman–Crippen MR) is 97.1 cm³/mol. The molecular weight excluding hydrogens is 372 g/mol. The first-order valence-corrected chi connectivity index (χ1v) is 9.11. The van der Waals surface area contributed by atoms with Crippen molar-refractivity contribution < 1.29 is 14.7 Å². The second-order valence-electron chi connectivity index (χ2n) is 7.08. The fourth-order valence-corrected chi connectivity index (χ4v) is 3.95. The van der Waals surface area contributed by atoms with Crippen molar-refractivity contribution in [1.82, 2.24) is 10.6 Å². The highest BCUT2D eigenvalue weighted by atomic mass is 79.9. The monoisotopic (exact) mass is 396 g/mol. The fourth-order valence-electron chi connectivity index (χ4n) is 3.13. The van der Waals surface area contributed by atoms with E-state index in [9.17, 15) is 9.59 Å². The number of carbonyl (C=O) groups excluding carboxylic acids is 1. The third-order valence-electron chi connectivity index (χ3n) is 4.71. The van der Waals surface area contributed by atoms with E-state index in [-0.39, 0.29) is 23.4 Å². The molecule has 0 heterocycles. The highest BCUT2D eigenvalue weighted by Gasteiger charge is 2.27. The van der Waals surface area contributed by atoms with Crippen molar-refractivity contribution in [3.05, 3.63) is 34.3 Å². The molecule has 24 heavy (non-hydrogen) atoms. The Morgan fingerprint density at radius 2 is 1.83 bits per heavy atom. The molecule has 0 unspecified atom stereocenters. The molecule has 3 N–H and O–H groups in total. The van der Waals surface area contributed by atoms with Crippen LogP contribution in [0.15, 0.2) is 28.7 Å². The highest BCUT2D eigenvalue weighted by molar-refractivity contribution is 9.10. The van der Waals surface area contributed by atoms with Crippen LogP contribution in [-0.2, 0) is 10.2 Å². The van der Waals surface area contributed by atoms with Gasteiger partial charge in [0.1, 0.15) is 0 Å². The molecule has 2 rings (SSSR count). The summed E-state index contributed by atoms with van der Waals surface area (Å²) in [5, 5.41) is 14.9. The van der Waals surface area contributed by atoms with Gasteiger partial charge in [-0.05, 0) is 37.3 Å². The molecule has 1 fully saturated rings. The minimum Gasteiger partial charge on any atom is -0.481 e. The Bertz CT molecular complexity index is 596. The molecular formula is C18H25BrN2O3. The average Bonchev–Trinajstić information content (AvgIpc) is 2.54. The minimum atomic E-state index is -0.729. The molecule has 6 heteroatoms. The van der Waals surface area contributed by atoms with Crippen LogP contribution in [0, 0.1) is 5.92 Å². The topological polar surface area (TPSA) is 78.4 Å². The second-order valence-corrected chi connectivity index (χ2v) is 7.93. The van der Waals surface area contributed by atoms with Gasteiger partial charge >= 0.3 is 12.0 Å². The van der Waals surface area contributed by atoms with E-state index in [0.717, 1.165) is 22.9 Å². The zero-order valence-corrected chi connectivity index (χ0v) is 15.7. The average molecular weight is 397 g/mol. The lowest BCUT2D eigenvalue weighted by molar-refractivity contribution is -0.142. The van der Waals surface area contributed by atoms with E-state index in [1.807, 2.05) is 18.2 Å². The Kier molecular flexibility index (Phi) is 6.27. The highest BCUT2D eigenvalue weighted by Crippen LogP contribution is 2.29. The van der Waals surface area contributed by atoms with Crippen LogP contribution < -0.4 is 10.6 Å². The largest absolute Gasteiger partial charge is 0.481 e. The maximum atomic E-state index is 12.1. The molecule has 0 atom stereocenters. The summed E-state index contributed by atoms with van der Waals surface area (Å²) in [7, 11) is 0. The summed E-state index contributed by atoms with van der Waals surface area (Å²) < 4.78 is 1.03. The van der Waals surface area contributed by atoms with Gasteiger partial charge in [-0.3, -0.25) is 4.79 Å². The molecule has 1 saturated carbocycles. The number of urea groups is 1. The number of hydrogen-bond acceptors (Lipinski definition) is 2. The molecule has 0 bridgehead atoms. The van der Waals surface area contributed by atoms with Gasteiger partial charge in [0.15, 0.2) is 0 Å². The van der Waals surface area contributed by atoms with Crippen molar-refractivity contribution in [3.63, 3.8) is 0 Å². The maximum absolute atomic E-state index is 12.1. The van der Waals surface area contributed by atoms with E-state index in [4.69, 9.17) is 5.11 Å². The predicted octanol–water partition coefficient (Wildman–Crippen LogP) is 3.67. The second kappa shape index (κ2) is 8.01. The maximum Gasteiger partial charge on any atom is 0.315 e. The summed E-state index contributed by atoms with van der Waals surface area (Å²) in [5.41, 5.74) is 0.950. The molecule has 0 saturated heterocycles. The first-order chi connectivity index (χ1) is 11.3. The van der Waals surface area contributed by atoms with Gasteiger partial charge in [0.05, 0.1) is 5.92 Å². The van der Waals surface area contributed by atoms with Gasteiger partial charge in [0.2, 0.25) is 0 Å². The normalized spacial score (nSPS) is 21.1. The molecule has 0 radical (unpaired) electrons. The van der Waals surface area contributed by atoms with Gasteiger partial charge in [-0.15, -0.1) is 0 Å². The van der Waals surface area contributed by atoms with Gasteiger partial charge < -0.3 is 15.7 Å². The van der Waals surface area contributed by atoms with Crippen molar-refractivity contribution >= 4 is 27.9 Å². The number of hydrogen-bond donors (Lipinski definition) is 3. The molecule has 2 amide bonds. The lowest BCUT2D eigenvalue weighted by Crippen LogP contribution is -2.47. The van der Waals surface area contributed by atoms with Crippen molar-refractivity contribution in [3.8, 4) is 0 Å². The van der Waals surface area contributed by atoms with Gasteiger partial charge in [0, 0.05) is 22.5 Å². The SMILES string of the molecule is CC(C)(CNC(=O)NC1CCC(C(=O)O)CC1)c1ccccc1Br. The first kappa shape index (κ1) is 18.8. The van der Waals surface area contributed by atoms with Crippen LogP contribution >= 0.6 is 15.9 Å². The molecule has 0 aromatic heterocycles. The molecule has 1 aromatic carbocycles. The van der Waals surface area contributed by atoms with Gasteiger partial charge in [-0.25, -0.2) is 4.79 Å². The van der Waals surface area contributed by atoms with Crippen LogP contribution in [0.2, 0.25) is 0 Å². The Hall–Kier alpha value is -1.56. The number of amides is 2. The summed E-state index contributed by atoms with van der Waals surface area (Å²) in [5.74, 6) is -0.992. The molecule has 1 aliphatic carbocycles. The number of halogens is 1. The van der Waals surface area contributed by atoms with Crippen LogP contribution in [0.3, 0.4) is 0 Å². The third-order valence-corrected chi connectivity index (χ3v) is 5.40. The van der Waals surface area contributed by atoms with Crippen molar-refractivity contribution in [2.75, 3.05) is 6.54 Å². The summed E-state index contributed by atoms with van der Waals surface area (Å²) in [6.45, 7) is 4.70. The molecule has 0 spiro atoms. The van der Waals surface area contributed by atoms with E-state index in [2.05, 4.69) is 46.5 Å². The molecule has 1 aliphatic rings. The number of aliphatic carboxylic acids is 1. The van der Waals surface area contributed by atoms with Crippen LogP contribution in [-0.4, -0.2) is 29.7 Å². The standard InChI is InChI=1S/C18H25BrN2O3/c1-18(2,14-5-3-4-6-15(14)19)11-20-17(24)21-13-9-7-12(8-10-13)16(22)23/h3-6,12-13H,7-11H2,1-2H3,(H,22,23)(H2,20,21,24). The smallest absolute Gasteiger partial charge is 0.315 e. The van der Waals surface area contributed by atoms with Crippen molar-refractivity contribution in [2.45, 2.75) is 51.0 Å². The fraction of sp³-hybridized carbons (Fsp3) is 0.556. The van der Waals surface area contributed by atoms with Crippen LogP contribution in [0.5, 0.6) is 0 Å². The zero-order chi connectivity index (χ0) is 17.7. The molecule has 132 valence electrons. The number of carboxylic acid groups (broad SMARTS) is 1. The summed E-state index contributed by atoms with van der Waals surface area (Å²) in [6.07, 6.45) is 2.70. The summed E-state index contributed by atoms with van der Waals surface area (Å²) in [6, 6.07) is 7.88. The minimum absolute atomic E-state index is 0.0622. The lowest BCUT2D eigenvalue weighted by Gasteiger charge is -2.29. The van der Waals surface area contributed by atoms with E-state index in [1.165, 1.54) is 0 Å². The first-order valence-electron chi connectivity index (χ1n) is 8.32. The third kappa shape index (κ3) is 4.97. The van der Waals surface area contributed by atoms with Crippen LogP contribution in [0.1, 0.15) is 45.1 Å². The molecule has 1 aromatic rings. The number of carboxylic acids is 1. The van der Waals surface area contributed by atoms with E-state index >= 15 is 0 Å². The molecule has 5 nitrogen and oxygen atoms in total. The van der Waals surface area contributed by atoms with Gasteiger partial charge in [0.25, 0.3) is 0 Å². The summed E-state index contributed by atoms with van der Waals surface area (Å²) in [4.78, 5) is 23.1. The number of benzene rings is 1. The van der Waals surface area contributed by atoms with E-state index < -0.39 is 5.97 Å². The van der Waals surface area contributed by atoms with E-state index in [1.54, 1.807) is 0 Å². The van der Waals surface area contributed by atoms with Gasteiger partial charge in [-0.2, -0.15) is 0 Å². The van der Waals surface area contributed by atoms with Crippen LogP contribution in [0.4, 0.5) is 4.79 Å². The van der Waals surface area contributed by atoms with Gasteiger partial charge in [-0.1, -0.05) is 48.0 Å². The summed E-state index contributed by atoms with van der Waals surface area (Å²) >= 11 is 3.56. The van der Waals surface area contributed by atoms with Crippen molar-refractivity contribution in [2.24, 2.45) is 5.92 Å². The molecule has 0 aliphatic heterocycles. The van der Waals surface area contributed by atoms with Crippen molar-refractivity contribution in [1.29, 1.82) is 0 Å². The zero-order valence-electron chi connectivity index (χ0n) is 14.1. The Morgan fingerprint density at radius 1 is 1.21 bits per heavy atom. The number of rotatable bonds is 5. The van der Waals surface area contributed by atoms with Crippen LogP contribution in [0.25, 0.3) is 0 Å². The Labute approximate surface area is 151 Å². The quantitative estimate of drug-likeness (QED) is 0.710. The Morgan fingerprint density at radius 3 is 2.42 bits per heavy atom. The Balaban J connectivity index is 1.81. The van der Waals surface area contributed by atoms with E-state index in [0.29, 0.717) is 19.4 Å². The number of carbonyl (C=O) groups is 2. The lowest BCUT2D eigenvalue weighted by atomic mass is 9.84.